The topological polar surface area (TPSA) is 65.0 Å². The van der Waals surface area contributed by atoms with Gasteiger partial charge in [-0.2, -0.15) is 0 Å². The highest BCUT2D eigenvalue weighted by Gasteiger charge is 2.17. The van der Waals surface area contributed by atoms with Crippen LogP contribution in [-0.4, -0.2) is 15.0 Å². The molecule has 0 saturated heterocycles. The Morgan fingerprint density at radius 2 is 0.900 bits per heavy atom. The quantitative estimate of drug-likeness (QED) is 0.186. The average Bonchev–Trinajstić information content (AvgIpc) is 3.83. The number of hydrogen-bond acceptors (Lipinski definition) is 5. The number of hydrogen-bond donors (Lipinski definition) is 0. The first-order chi connectivity index (χ1) is 27.3. The molecule has 0 saturated carbocycles. The van der Waals surface area contributed by atoms with Crippen molar-refractivity contribution in [1.29, 1.82) is 0 Å². The van der Waals surface area contributed by atoms with Crippen LogP contribution in [0.3, 0.4) is 0 Å². The van der Waals surface area contributed by atoms with Crippen LogP contribution in [0.4, 0.5) is 0 Å². The molecule has 0 unspecified atom stereocenters. The maximum atomic E-state index is 9.43. The lowest BCUT2D eigenvalue weighted by atomic mass is 10.0. The largest absolute Gasteiger partial charge is 0.456 e. The highest BCUT2D eigenvalue weighted by atomic mass is 16.3. The van der Waals surface area contributed by atoms with Crippen molar-refractivity contribution < 1.29 is 17.1 Å². The molecule has 0 spiro atoms. The molecule has 234 valence electrons. The third-order valence-electron chi connectivity index (χ3n) is 8.82. The summed E-state index contributed by atoms with van der Waals surface area (Å²) >= 11 is 0. The Morgan fingerprint density at radius 1 is 0.340 bits per heavy atom. The summed E-state index contributed by atoms with van der Waals surface area (Å²) in [6.07, 6.45) is 0. The molecule has 3 heterocycles. The Morgan fingerprint density at radius 3 is 1.68 bits per heavy atom. The SMILES string of the molecule is [2H]c1c(-c2ccccc2)c([2H])c2c(oc3c([2H])c(-c4nc(-c5ccc(-c6ccccc6)cc5)nc(-c5ccc6oc7ccccc7c6c5)n4)c([2H])c([2H])c32)c1[2H]. The molecule has 0 fully saturated rings. The van der Waals surface area contributed by atoms with Crippen LogP contribution in [0, 0.1) is 0 Å². The molecule has 0 aliphatic rings. The maximum Gasteiger partial charge on any atom is 0.164 e. The Bertz CT molecular complexity index is 3200. The van der Waals surface area contributed by atoms with Crippen LogP contribution in [0.2, 0.25) is 0 Å². The summed E-state index contributed by atoms with van der Waals surface area (Å²) in [5.41, 5.74) is 5.36. The molecule has 7 aromatic carbocycles. The highest BCUT2D eigenvalue weighted by molar-refractivity contribution is 6.08. The lowest BCUT2D eigenvalue weighted by Gasteiger charge is -2.09. The Labute approximate surface area is 295 Å². The molecule has 5 heteroatoms. The van der Waals surface area contributed by atoms with Crippen molar-refractivity contribution in [1.82, 2.24) is 15.0 Å². The summed E-state index contributed by atoms with van der Waals surface area (Å²) in [4.78, 5) is 14.6. The number of aromatic nitrogens is 3. The normalized spacial score (nSPS) is 13.3. The lowest BCUT2D eigenvalue weighted by Crippen LogP contribution is -2.00. The van der Waals surface area contributed by atoms with Crippen LogP contribution in [0.1, 0.15) is 8.22 Å². The molecule has 10 rings (SSSR count). The maximum absolute atomic E-state index is 9.43. The number of rotatable bonds is 5. The summed E-state index contributed by atoms with van der Waals surface area (Å²) in [7, 11) is 0. The van der Waals surface area contributed by atoms with Gasteiger partial charge < -0.3 is 8.83 Å². The van der Waals surface area contributed by atoms with Gasteiger partial charge in [-0.25, -0.2) is 15.0 Å². The molecular weight excluding hydrogens is 615 g/mol. The number of benzene rings is 7. The summed E-state index contributed by atoms with van der Waals surface area (Å²) in [6.45, 7) is 0. The van der Waals surface area contributed by atoms with Crippen molar-refractivity contribution in [2.24, 2.45) is 0 Å². The van der Waals surface area contributed by atoms with E-state index < -0.39 is 0 Å². The smallest absolute Gasteiger partial charge is 0.164 e. The van der Waals surface area contributed by atoms with E-state index in [0.717, 1.165) is 27.5 Å². The van der Waals surface area contributed by atoms with E-state index >= 15 is 0 Å². The molecular formula is C45H27N3O2. The first kappa shape index (κ1) is 22.7. The molecule has 0 amide bonds. The van der Waals surface area contributed by atoms with Crippen LogP contribution in [0.5, 0.6) is 0 Å². The van der Waals surface area contributed by atoms with Crippen LogP contribution in [0.25, 0.3) is 100 Å². The van der Waals surface area contributed by atoms with Crippen LogP contribution < -0.4 is 0 Å². The summed E-state index contributed by atoms with van der Waals surface area (Å²) in [6, 6.07) is 38.5. The zero-order valence-electron chi connectivity index (χ0n) is 32.3. The minimum Gasteiger partial charge on any atom is -0.456 e. The molecule has 0 aliphatic heterocycles. The molecule has 0 radical (unpaired) electrons. The van der Waals surface area contributed by atoms with E-state index in [4.69, 9.17) is 26.5 Å². The van der Waals surface area contributed by atoms with Crippen LogP contribution >= 0.6 is 0 Å². The molecule has 3 aromatic heterocycles. The summed E-state index contributed by atoms with van der Waals surface area (Å²) in [5.74, 6) is 0.570. The van der Waals surface area contributed by atoms with Gasteiger partial charge in [0.05, 0.1) is 8.22 Å². The Hall–Kier alpha value is -6.85. The monoisotopic (exact) mass is 647 g/mol. The second-order valence-electron chi connectivity index (χ2n) is 11.9. The third kappa shape index (κ3) is 4.83. The Kier molecular flexibility index (Phi) is 5.17. The van der Waals surface area contributed by atoms with Crippen molar-refractivity contribution >= 4 is 43.9 Å². The van der Waals surface area contributed by atoms with E-state index in [2.05, 4.69) is 0 Å². The van der Waals surface area contributed by atoms with E-state index in [0.29, 0.717) is 28.1 Å². The van der Waals surface area contributed by atoms with Gasteiger partial charge in [-0.1, -0.05) is 115 Å². The van der Waals surface area contributed by atoms with E-state index in [-0.39, 0.29) is 81.0 Å². The number of para-hydroxylation sites is 1. The summed E-state index contributed by atoms with van der Waals surface area (Å²) < 4.78 is 67.0. The number of fused-ring (bicyclic) bond motifs is 6. The molecule has 50 heavy (non-hydrogen) atoms. The van der Waals surface area contributed by atoms with Gasteiger partial charge in [0.25, 0.3) is 0 Å². The van der Waals surface area contributed by atoms with Gasteiger partial charge in [0.1, 0.15) is 22.3 Å². The lowest BCUT2D eigenvalue weighted by molar-refractivity contribution is 0.668. The minimum absolute atomic E-state index is 0.0107. The first-order valence-electron chi connectivity index (χ1n) is 19.1. The van der Waals surface area contributed by atoms with E-state index in [1.165, 1.54) is 0 Å². The second-order valence-corrected chi connectivity index (χ2v) is 11.9. The van der Waals surface area contributed by atoms with Crippen molar-refractivity contribution in [2.75, 3.05) is 0 Å². The fourth-order valence-electron chi connectivity index (χ4n) is 6.31. The van der Waals surface area contributed by atoms with Gasteiger partial charge in [0.15, 0.2) is 17.5 Å². The van der Waals surface area contributed by atoms with Gasteiger partial charge >= 0.3 is 0 Å². The van der Waals surface area contributed by atoms with Gasteiger partial charge in [0, 0.05) is 38.2 Å². The molecule has 0 atom stereocenters. The zero-order valence-corrected chi connectivity index (χ0v) is 26.3. The molecule has 5 nitrogen and oxygen atoms in total. The first-order valence-corrected chi connectivity index (χ1v) is 16.1. The highest BCUT2D eigenvalue weighted by Crippen LogP contribution is 2.36. The van der Waals surface area contributed by atoms with Gasteiger partial charge in [-0.05, 0) is 70.7 Å². The standard InChI is InChI=1S/C45H27N3O2/c1-3-9-28(10-4-1)30-15-17-31(18-16-30)43-46-44(33-21-24-40-38(26-33)35-13-7-8-14-39(35)49-40)48-45(47-43)34-19-22-36-37-25-32(29-11-5-2-6-12-29)20-23-41(37)50-42(36)27-34/h1-27H/i19D,20D,22D,23D,25D,27D. The fourth-order valence-corrected chi connectivity index (χ4v) is 6.31. The molecule has 0 N–H and O–H groups in total. The second kappa shape index (κ2) is 11.4. The van der Waals surface area contributed by atoms with Crippen molar-refractivity contribution in [3.8, 4) is 56.4 Å². The van der Waals surface area contributed by atoms with E-state index in [9.17, 15) is 5.48 Å². The van der Waals surface area contributed by atoms with E-state index in [1.807, 2.05) is 103 Å². The average molecular weight is 648 g/mol. The molecule has 10 aromatic rings. The van der Waals surface area contributed by atoms with E-state index in [1.54, 1.807) is 24.3 Å². The van der Waals surface area contributed by atoms with Crippen molar-refractivity contribution in [3.63, 3.8) is 0 Å². The van der Waals surface area contributed by atoms with Crippen molar-refractivity contribution in [3.05, 3.63) is 164 Å². The number of nitrogens with zero attached hydrogens (tertiary/aromatic N) is 3. The number of furan rings is 2. The predicted octanol–water partition coefficient (Wildman–Crippen LogP) is 12.0. The summed E-state index contributed by atoms with van der Waals surface area (Å²) in [5, 5.41) is 1.96. The van der Waals surface area contributed by atoms with Crippen molar-refractivity contribution in [2.45, 2.75) is 0 Å². The van der Waals surface area contributed by atoms with Gasteiger partial charge in [0.2, 0.25) is 0 Å². The fraction of sp³-hybridized carbons (Fsp3) is 0. The van der Waals surface area contributed by atoms with Crippen LogP contribution in [0.15, 0.2) is 172 Å². The minimum atomic E-state index is -0.342. The molecule has 0 aliphatic carbocycles. The van der Waals surface area contributed by atoms with Crippen LogP contribution in [-0.2, 0) is 0 Å². The third-order valence-corrected chi connectivity index (χ3v) is 8.82. The van der Waals surface area contributed by atoms with Gasteiger partial charge in [-0.3, -0.25) is 0 Å². The Balaban J connectivity index is 1.21. The van der Waals surface area contributed by atoms with Gasteiger partial charge in [-0.15, -0.1) is 0 Å². The predicted molar refractivity (Wildman–Crippen MR) is 202 cm³/mol. The molecule has 0 bridgehead atoms. The zero-order chi connectivity index (χ0) is 38.2.